The molecule has 0 aliphatic carbocycles. The fourth-order valence-electron chi connectivity index (χ4n) is 1.89. The Morgan fingerprint density at radius 3 is 3.00 bits per heavy atom. The molecular formula is C14H13ClN4. The van der Waals surface area contributed by atoms with E-state index in [1.165, 1.54) is 0 Å². The third-order valence-electron chi connectivity index (χ3n) is 2.82. The molecule has 1 N–H and O–H groups in total. The van der Waals surface area contributed by atoms with Crippen molar-refractivity contribution in [2.75, 3.05) is 5.32 Å². The van der Waals surface area contributed by atoms with E-state index in [0.29, 0.717) is 12.5 Å². The molecule has 1 aromatic carbocycles. The molecule has 0 bridgehead atoms. The first-order chi connectivity index (χ1) is 9.20. The van der Waals surface area contributed by atoms with Crippen molar-refractivity contribution in [1.29, 1.82) is 0 Å². The van der Waals surface area contributed by atoms with Crippen molar-refractivity contribution in [3.63, 3.8) is 0 Å². The van der Waals surface area contributed by atoms with Gasteiger partial charge in [-0.2, -0.15) is 4.98 Å². The summed E-state index contributed by atoms with van der Waals surface area (Å²) < 4.78 is 1.77. The molecule has 0 spiro atoms. The van der Waals surface area contributed by atoms with Crippen molar-refractivity contribution < 1.29 is 0 Å². The Bertz CT molecular complexity index is 720. The highest BCUT2D eigenvalue weighted by molar-refractivity contribution is 6.30. The number of nitrogens with zero attached hydrogens (tertiary/aromatic N) is 3. The molecule has 0 aliphatic heterocycles. The average Bonchev–Trinajstić information content (AvgIpc) is 2.78. The van der Waals surface area contributed by atoms with E-state index in [4.69, 9.17) is 11.6 Å². The predicted octanol–water partition coefficient (Wildman–Crippen LogP) is 3.30. The summed E-state index contributed by atoms with van der Waals surface area (Å²) in [6.07, 6.45) is 1.95. The first kappa shape index (κ1) is 12.0. The standard InChI is InChI=1S/C14H13ClN4/c1-10-5-6-13-17-14(18-19(13)9-10)16-8-11-3-2-4-12(15)7-11/h2-7,9H,8H2,1H3,(H,16,18). The van der Waals surface area contributed by atoms with E-state index >= 15 is 0 Å². The zero-order valence-corrected chi connectivity index (χ0v) is 11.2. The molecular weight excluding hydrogens is 260 g/mol. The number of halogens is 1. The van der Waals surface area contributed by atoms with Crippen LogP contribution in [0.15, 0.2) is 42.6 Å². The van der Waals surface area contributed by atoms with Gasteiger partial charge in [-0.15, -0.1) is 5.10 Å². The topological polar surface area (TPSA) is 42.2 Å². The van der Waals surface area contributed by atoms with Crippen molar-refractivity contribution in [2.45, 2.75) is 13.5 Å². The molecule has 0 saturated carbocycles. The summed E-state index contributed by atoms with van der Waals surface area (Å²) in [4.78, 5) is 4.40. The molecule has 0 saturated heterocycles. The fourth-order valence-corrected chi connectivity index (χ4v) is 2.10. The normalized spacial score (nSPS) is 10.8. The summed E-state index contributed by atoms with van der Waals surface area (Å²) in [5.74, 6) is 0.616. The second kappa shape index (κ2) is 4.90. The summed E-state index contributed by atoms with van der Waals surface area (Å²) in [7, 11) is 0. The van der Waals surface area contributed by atoms with Crippen molar-refractivity contribution in [3.8, 4) is 0 Å². The highest BCUT2D eigenvalue weighted by atomic mass is 35.5. The quantitative estimate of drug-likeness (QED) is 0.795. The molecule has 2 aromatic heterocycles. The Morgan fingerprint density at radius 2 is 2.16 bits per heavy atom. The lowest BCUT2D eigenvalue weighted by Crippen LogP contribution is -2.01. The first-order valence-corrected chi connectivity index (χ1v) is 6.40. The zero-order chi connectivity index (χ0) is 13.2. The van der Waals surface area contributed by atoms with Crippen LogP contribution in [0.25, 0.3) is 5.65 Å². The van der Waals surface area contributed by atoms with Crippen molar-refractivity contribution >= 4 is 23.2 Å². The smallest absolute Gasteiger partial charge is 0.243 e. The van der Waals surface area contributed by atoms with Crippen molar-refractivity contribution in [2.24, 2.45) is 0 Å². The predicted molar refractivity (Wildman–Crippen MR) is 76.5 cm³/mol. The Morgan fingerprint density at radius 1 is 1.26 bits per heavy atom. The number of rotatable bonds is 3. The van der Waals surface area contributed by atoms with Crippen LogP contribution in [0.4, 0.5) is 5.95 Å². The van der Waals surface area contributed by atoms with Crippen LogP contribution in [0.2, 0.25) is 5.02 Å². The van der Waals surface area contributed by atoms with Gasteiger partial charge in [0.2, 0.25) is 5.95 Å². The summed E-state index contributed by atoms with van der Waals surface area (Å²) in [5.41, 5.74) is 3.08. The number of hydrogen-bond donors (Lipinski definition) is 1. The number of aromatic nitrogens is 3. The molecule has 0 unspecified atom stereocenters. The van der Waals surface area contributed by atoms with Crippen molar-refractivity contribution in [1.82, 2.24) is 14.6 Å². The molecule has 0 fully saturated rings. The van der Waals surface area contributed by atoms with Gasteiger partial charge in [0.05, 0.1) is 0 Å². The van der Waals surface area contributed by atoms with E-state index in [-0.39, 0.29) is 0 Å². The lowest BCUT2D eigenvalue weighted by molar-refractivity contribution is 0.942. The number of benzene rings is 1. The maximum Gasteiger partial charge on any atom is 0.243 e. The molecule has 96 valence electrons. The molecule has 3 rings (SSSR count). The maximum atomic E-state index is 5.95. The van der Waals surface area contributed by atoms with Crippen LogP contribution in [0, 0.1) is 6.92 Å². The van der Waals surface area contributed by atoms with E-state index < -0.39 is 0 Å². The SMILES string of the molecule is Cc1ccc2nc(NCc3cccc(Cl)c3)nn2c1. The molecule has 0 radical (unpaired) electrons. The van der Waals surface area contributed by atoms with Gasteiger partial charge in [-0.05, 0) is 36.2 Å². The lowest BCUT2D eigenvalue weighted by atomic mass is 10.2. The van der Waals surface area contributed by atoms with Crippen LogP contribution in [-0.4, -0.2) is 14.6 Å². The molecule has 3 aromatic rings. The molecule has 0 atom stereocenters. The fraction of sp³-hybridized carbons (Fsp3) is 0.143. The van der Waals surface area contributed by atoms with Crippen LogP contribution in [0.5, 0.6) is 0 Å². The van der Waals surface area contributed by atoms with Crippen LogP contribution in [0.3, 0.4) is 0 Å². The highest BCUT2D eigenvalue weighted by Crippen LogP contribution is 2.12. The molecule has 0 aliphatic rings. The van der Waals surface area contributed by atoms with Crippen LogP contribution >= 0.6 is 11.6 Å². The number of pyridine rings is 1. The highest BCUT2D eigenvalue weighted by Gasteiger charge is 2.03. The van der Waals surface area contributed by atoms with Crippen LogP contribution < -0.4 is 5.32 Å². The number of anilines is 1. The van der Waals surface area contributed by atoms with E-state index in [1.54, 1.807) is 4.52 Å². The number of nitrogens with one attached hydrogen (secondary N) is 1. The van der Waals surface area contributed by atoms with Crippen LogP contribution in [0.1, 0.15) is 11.1 Å². The van der Waals surface area contributed by atoms with Crippen molar-refractivity contribution in [3.05, 3.63) is 58.7 Å². The van der Waals surface area contributed by atoms with Gasteiger partial charge >= 0.3 is 0 Å². The number of fused-ring (bicyclic) bond motifs is 1. The minimum atomic E-state index is 0.616. The molecule has 2 heterocycles. The average molecular weight is 273 g/mol. The maximum absolute atomic E-state index is 5.95. The van der Waals surface area contributed by atoms with Gasteiger partial charge in [0, 0.05) is 17.8 Å². The van der Waals surface area contributed by atoms with Crippen LogP contribution in [-0.2, 0) is 6.54 Å². The summed E-state index contributed by atoms with van der Waals surface area (Å²) in [5, 5.41) is 8.30. The minimum Gasteiger partial charge on any atom is -0.349 e. The van der Waals surface area contributed by atoms with Gasteiger partial charge in [0.25, 0.3) is 0 Å². The third kappa shape index (κ3) is 2.69. The van der Waals surface area contributed by atoms with E-state index in [2.05, 4.69) is 15.4 Å². The summed E-state index contributed by atoms with van der Waals surface area (Å²) >= 11 is 5.95. The van der Waals surface area contributed by atoms with Gasteiger partial charge in [-0.3, -0.25) is 0 Å². The second-order valence-corrected chi connectivity index (χ2v) is 4.86. The Kier molecular flexibility index (Phi) is 3.09. The van der Waals surface area contributed by atoms with E-state index in [1.807, 2.05) is 49.5 Å². The van der Waals surface area contributed by atoms with Gasteiger partial charge in [0.15, 0.2) is 5.65 Å². The monoisotopic (exact) mass is 272 g/mol. The summed E-state index contributed by atoms with van der Waals surface area (Å²) in [6, 6.07) is 11.7. The Labute approximate surface area is 116 Å². The molecule has 0 amide bonds. The van der Waals surface area contributed by atoms with Gasteiger partial charge in [-0.1, -0.05) is 29.8 Å². The van der Waals surface area contributed by atoms with Gasteiger partial charge in [-0.25, -0.2) is 4.52 Å². The largest absolute Gasteiger partial charge is 0.349 e. The lowest BCUT2D eigenvalue weighted by Gasteiger charge is -2.01. The third-order valence-corrected chi connectivity index (χ3v) is 3.05. The number of hydrogen-bond acceptors (Lipinski definition) is 3. The summed E-state index contributed by atoms with van der Waals surface area (Å²) in [6.45, 7) is 2.68. The Balaban J connectivity index is 1.78. The van der Waals surface area contributed by atoms with Gasteiger partial charge < -0.3 is 5.32 Å². The first-order valence-electron chi connectivity index (χ1n) is 6.02. The molecule has 19 heavy (non-hydrogen) atoms. The minimum absolute atomic E-state index is 0.616. The number of aryl methyl sites for hydroxylation is 1. The Hall–Kier alpha value is -2.07. The van der Waals surface area contributed by atoms with Gasteiger partial charge in [0.1, 0.15) is 0 Å². The van der Waals surface area contributed by atoms with E-state index in [0.717, 1.165) is 21.8 Å². The molecule has 4 nitrogen and oxygen atoms in total. The van der Waals surface area contributed by atoms with E-state index in [9.17, 15) is 0 Å². The molecule has 5 heteroatoms. The zero-order valence-electron chi connectivity index (χ0n) is 10.5. The second-order valence-electron chi connectivity index (χ2n) is 4.43.